The minimum Gasteiger partial charge on any atom is -0.369 e. The van der Waals surface area contributed by atoms with Crippen LogP contribution in [0.1, 0.15) is 42.4 Å². The zero-order chi connectivity index (χ0) is 14.5. The number of hydrogen-bond acceptors (Lipinski definition) is 2. The number of carbonyl (C=O) groups is 1. The van der Waals surface area contributed by atoms with E-state index in [2.05, 4.69) is 37.4 Å². The number of nitrogens with two attached hydrogens (primary N) is 1. The van der Waals surface area contributed by atoms with Crippen molar-refractivity contribution in [3.63, 3.8) is 0 Å². The van der Waals surface area contributed by atoms with Gasteiger partial charge in [-0.2, -0.15) is 0 Å². The van der Waals surface area contributed by atoms with Gasteiger partial charge in [-0.1, -0.05) is 18.2 Å². The molecule has 110 valence electrons. The highest BCUT2D eigenvalue weighted by Gasteiger charge is 2.24. The van der Waals surface area contributed by atoms with Gasteiger partial charge in [0.25, 0.3) is 0 Å². The lowest BCUT2D eigenvalue weighted by molar-refractivity contribution is -0.122. The molecule has 1 aromatic carbocycles. The fourth-order valence-electron chi connectivity index (χ4n) is 3.07. The average Bonchev–Trinajstić information content (AvgIpc) is 2.44. The van der Waals surface area contributed by atoms with Gasteiger partial charge in [0.15, 0.2) is 0 Å². The Balaban J connectivity index is 1.74. The molecule has 20 heavy (non-hydrogen) atoms. The average molecular weight is 274 g/mol. The molecular weight excluding hydrogens is 248 g/mol. The van der Waals surface area contributed by atoms with Crippen LogP contribution < -0.4 is 11.1 Å². The van der Waals surface area contributed by atoms with E-state index in [1.165, 1.54) is 16.7 Å². The predicted octanol–water partition coefficient (Wildman–Crippen LogP) is 2.68. The second-order valence-electron chi connectivity index (χ2n) is 6.11. The second-order valence-corrected chi connectivity index (χ2v) is 6.11. The van der Waals surface area contributed by atoms with E-state index in [-0.39, 0.29) is 11.8 Å². The number of carbonyl (C=O) groups excluding carboxylic acids is 1. The van der Waals surface area contributed by atoms with Crippen LogP contribution in [0.3, 0.4) is 0 Å². The van der Waals surface area contributed by atoms with Crippen LogP contribution in [0.25, 0.3) is 0 Å². The summed E-state index contributed by atoms with van der Waals surface area (Å²) in [6.07, 6.45) is 4.16. The molecule has 0 radical (unpaired) electrons. The van der Waals surface area contributed by atoms with Gasteiger partial charge in [0.2, 0.25) is 5.91 Å². The van der Waals surface area contributed by atoms with Gasteiger partial charge in [0.1, 0.15) is 0 Å². The molecule has 2 rings (SSSR count). The van der Waals surface area contributed by atoms with Crippen molar-refractivity contribution in [3.05, 3.63) is 34.9 Å². The van der Waals surface area contributed by atoms with Crippen LogP contribution in [0, 0.1) is 25.7 Å². The van der Waals surface area contributed by atoms with E-state index in [0.717, 1.165) is 38.8 Å². The predicted molar refractivity (Wildman–Crippen MR) is 82.3 cm³/mol. The smallest absolute Gasteiger partial charge is 0.220 e. The monoisotopic (exact) mass is 274 g/mol. The molecule has 0 atom stereocenters. The first kappa shape index (κ1) is 15.0. The Morgan fingerprint density at radius 3 is 2.60 bits per heavy atom. The molecule has 0 unspecified atom stereocenters. The first-order chi connectivity index (χ1) is 9.58. The van der Waals surface area contributed by atoms with Crippen molar-refractivity contribution in [2.75, 3.05) is 6.54 Å². The molecule has 0 aromatic heterocycles. The summed E-state index contributed by atoms with van der Waals surface area (Å²) in [7, 11) is 0. The lowest BCUT2D eigenvalue weighted by atomic mass is 9.81. The molecule has 0 bridgehead atoms. The molecule has 3 heteroatoms. The topological polar surface area (TPSA) is 55.1 Å². The maximum Gasteiger partial charge on any atom is 0.220 e. The fourth-order valence-corrected chi connectivity index (χ4v) is 3.07. The standard InChI is InChI=1S/C17H26N2O/c1-12-4-3-5-16(13(12)2)11-19-10-14-6-8-15(9-7-14)17(18)20/h3-5,14-15,19H,6-11H2,1-2H3,(H2,18,20). The number of hydrogen-bond donors (Lipinski definition) is 2. The SMILES string of the molecule is Cc1cccc(CNCC2CCC(C(N)=O)CC2)c1C. The van der Waals surface area contributed by atoms with Crippen LogP contribution >= 0.6 is 0 Å². The highest BCUT2D eigenvalue weighted by Crippen LogP contribution is 2.28. The molecule has 1 aromatic rings. The van der Waals surface area contributed by atoms with Gasteiger partial charge >= 0.3 is 0 Å². The van der Waals surface area contributed by atoms with Gasteiger partial charge in [-0.25, -0.2) is 0 Å². The summed E-state index contributed by atoms with van der Waals surface area (Å²) in [6.45, 7) is 6.32. The molecule has 3 nitrogen and oxygen atoms in total. The maximum atomic E-state index is 11.1. The first-order valence-corrected chi connectivity index (χ1v) is 7.63. The minimum atomic E-state index is -0.119. The third-order valence-corrected chi connectivity index (χ3v) is 4.71. The molecule has 0 heterocycles. The van der Waals surface area contributed by atoms with Crippen molar-refractivity contribution in [3.8, 4) is 0 Å². The van der Waals surface area contributed by atoms with Crippen molar-refractivity contribution >= 4 is 5.91 Å². The molecule has 0 saturated heterocycles. The Morgan fingerprint density at radius 1 is 1.25 bits per heavy atom. The number of aryl methyl sites for hydroxylation is 1. The van der Waals surface area contributed by atoms with Crippen molar-refractivity contribution in [2.45, 2.75) is 46.1 Å². The second kappa shape index (κ2) is 6.89. The number of benzene rings is 1. The number of primary amides is 1. The zero-order valence-corrected chi connectivity index (χ0v) is 12.6. The van der Waals surface area contributed by atoms with Gasteiger partial charge < -0.3 is 11.1 Å². The third kappa shape index (κ3) is 3.83. The number of nitrogens with one attached hydrogen (secondary N) is 1. The van der Waals surface area contributed by atoms with Crippen LogP contribution in [0.2, 0.25) is 0 Å². The molecule has 1 aliphatic rings. The lowest BCUT2D eigenvalue weighted by Crippen LogP contribution is -2.31. The van der Waals surface area contributed by atoms with Crippen molar-refractivity contribution in [1.82, 2.24) is 5.32 Å². The summed E-state index contributed by atoms with van der Waals surface area (Å²) in [5, 5.41) is 3.57. The Bertz CT molecular complexity index is 462. The van der Waals surface area contributed by atoms with Crippen LogP contribution in [-0.2, 0) is 11.3 Å². The van der Waals surface area contributed by atoms with E-state index in [1.807, 2.05) is 0 Å². The summed E-state index contributed by atoms with van der Waals surface area (Å²) in [5.74, 6) is 0.688. The van der Waals surface area contributed by atoms with Gasteiger partial charge in [-0.3, -0.25) is 4.79 Å². The molecular formula is C17H26N2O. The van der Waals surface area contributed by atoms with E-state index in [0.29, 0.717) is 5.92 Å². The quantitative estimate of drug-likeness (QED) is 0.867. The van der Waals surface area contributed by atoms with E-state index in [1.54, 1.807) is 0 Å². The summed E-state index contributed by atoms with van der Waals surface area (Å²) >= 11 is 0. The maximum absolute atomic E-state index is 11.1. The normalized spacial score (nSPS) is 22.7. The van der Waals surface area contributed by atoms with E-state index in [9.17, 15) is 4.79 Å². The van der Waals surface area contributed by atoms with Gasteiger partial charge in [-0.05, 0) is 68.7 Å². The zero-order valence-electron chi connectivity index (χ0n) is 12.6. The number of amides is 1. The molecule has 3 N–H and O–H groups in total. The van der Waals surface area contributed by atoms with Crippen LogP contribution in [0.4, 0.5) is 0 Å². The molecule has 1 amide bonds. The van der Waals surface area contributed by atoms with Crippen LogP contribution in [0.15, 0.2) is 18.2 Å². The van der Waals surface area contributed by atoms with Gasteiger partial charge in [0.05, 0.1) is 0 Å². The summed E-state index contributed by atoms with van der Waals surface area (Å²) in [6, 6.07) is 6.47. The van der Waals surface area contributed by atoms with E-state index >= 15 is 0 Å². The molecule has 0 spiro atoms. The Labute approximate surface area is 121 Å². The van der Waals surface area contributed by atoms with Crippen LogP contribution in [0.5, 0.6) is 0 Å². The highest BCUT2D eigenvalue weighted by atomic mass is 16.1. The summed E-state index contributed by atoms with van der Waals surface area (Å²) < 4.78 is 0. The fraction of sp³-hybridized carbons (Fsp3) is 0.588. The molecule has 1 saturated carbocycles. The third-order valence-electron chi connectivity index (χ3n) is 4.71. The minimum absolute atomic E-state index is 0.116. The van der Waals surface area contributed by atoms with Gasteiger partial charge in [0, 0.05) is 12.5 Å². The first-order valence-electron chi connectivity index (χ1n) is 7.63. The van der Waals surface area contributed by atoms with Gasteiger partial charge in [-0.15, -0.1) is 0 Å². The Morgan fingerprint density at radius 2 is 1.95 bits per heavy atom. The molecule has 1 aliphatic carbocycles. The highest BCUT2D eigenvalue weighted by molar-refractivity contribution is 5.76. The lowest BCUT2D eigenvalue weighted by Gasteiger charge is -2.26. The molecule has 0 aliphatic heterocycles. The van der Waals surface area contributed by atoms with Crippen molar-refractivity contribution in [1.29, 1.82) is 0 Å². The van der Waals surface area contributed by atoms with Crippen LogP contribution in [-0.4, -0.2) is 12.5 Å². The Kier molecular flexibility index (Phi) is 5.18. The van der Waals surface area contributed by atoms with Crippen molar-refractivity contribution in [2.24, 2.45) is 17.6 Å². The Hall–Kier alpha value is -1.35. The van der Waals surface area contributed by atoms with E-state index < -0.39 is 0 Å². The largest absolute Gasteiger partial charge is 0.369 e. The summed E-state index contributed by atoms with van der Waals surface area (Å²) in [4.78, 5) is 11.1. The molecule has 1 fully saturated rings. The number of rotatable bonds is 5. The van der Waals surface area contributed by atoms with E-state index in [4.69, 9.17) is 5.73 Å². The van der Waals surface area contributed by atoms with Crippen molar-refractivity contribution < 1.29 is 4.79 Å². The summed E-state index contributed by atoms with van der Waals surface area (Å²) in [5.41, 5.74) is 9.49.